The van der Waals surface area contributed by atoms with Gasteiger partial charge in [-0.25, -0.2) is 4.79 Å². The quantitative estimate of drug-likeness (QED) is 0.224. The number of aromatic nitrogens is 2. The molecule has 1 aliphatic heterocycles. The molecule has 1 saturated heterocycles. The van der Waals surface area contributed by atoms with Gasteiger partial charge in [0, 0.05) is 24.7 Å². The number of nitrogens with zero attached hydrogens (tertiary/aromatic N) is 2. The summed E-state index contributed by atoms with van der Waals surface area (Å²) >= 11 is 0. The van der Waals surface area contributed by atoms with Gasteiger partial charge in [-0.3, -0.25) is 4.68 Å². The number of benzene rings is 3. The Morgan fingerprint density at radius 3 is 2.64 bits per heavy atom. The molecular weight excluding hydrogens is 505 g/mol. The van der Waals surface area contributed by atoms with E-state index in [2.05, 4.69) is 10.6 Å². The number of ether oxygens (including phenoxy) is 1. The van der Waals surface area contributed by atoms with Gasteiger partial charge >= 0.3 is 12.1 Å². The van der Waals surface area contributed by atoms with Gasteiger partial charge in [0.1, 0.15) is 5.75 Å². The zero-order chi connectivity index (χ0) is 27.4. The Morgan fingerprint density at radius 2 is 1.90 bits per heavy atom. The van der Waals surface area contributed by atoms with Gasteiger partial charge in [-0.05, 0) is 61.9 Å². The summed E-state index contributed by atoms with van der Waals surface area (Å²) < 4.78 is 47.1. The van der Waals surface area contributed by atoms with E-state index < -0.39 is 17.7 Å². The first-order valence-corrected chi connectivity index (χ1v) is 12.9. The molecule has 2 N–H and O–H groups in total. The number of carbonyl (C=O) groups excluding carboxylic acids is 1. The van der Waals surface area contributed by atoms with E-state index in [9.17, 15) is 18.0 Å². The van der Waals surface area contributed by atoms with Gasteiger partial charge in [-0.1, -0.05) is 48.0 Å². The maximum Gasteiger partial charge on any atom is 0.416 e. The van der Waals surface area contributed by atoms with Crippen molar-refractivity contribution < 1.29 is 22.7 Å². The summed E-state index contributed by atoms with van der Waals surface area (Å²) in [6, 6.07) is 21.8. The first-order chi connectivity index (χ1) is 18.8. The Hall–Kier alpha value is -3.95. The molecule has 0 saturated carbocycles. The lowest BCUT2D eigenvalue weighted by Crippen LogP contribution is -2.33. The standard InChI is InChI=1S/C30H29F3N4O2/c1-20-10-11-28(39-29(38)22-8-5-9-23(17-22)30(31,32)33)25(16-20)26-18-27(21-6-3-2-4-7-21)37(36-26)15-14-35-24-12-13-34-19-24/h2-11,16-18,24,34-35H,12-15,19H2,1H3/t24-/m1/s1. The van der Waals surface area contributed by atoms with Crippen molar-refractivity contribution in [2.24, 2.45) is 0 Å². The van der Waals surface area contributed by atoms with Gasteiger partial charge in [0.2, 0.25) is 0 Å². The molecular formula is C30H29F3N4O2. The minimum absolute atomic E-state index is 0.181. The number of hydrogen-bond donors (Lipinski definition) is 2. The molecule has 6 nitrogen and oxygen atoms in total. The molecule has 5 rings (SSSR count). The van der Waals surface area contributed by atoms with Crippen LogP contribution in [0, 0.1) is 6.92 Å². The van der Waals surface area contributed by atoms with E-state index in [-0.39, 0.29) is 11.3 Å². The van der Waals surface area contributed by atoms with Gasteiger partial charge < -0.3 is 15.4 Å². The summed E-state index contributed by atoms with van der Waals surface area (Å²) in [5.74, 6) is -0.647. The topological polar surface area (TPSA) is 68.2 Å². The van der Waals surface area contributed by atoms with E-state index in [0.29, 0.717) is 23.8 Å². The van der Waals surface area contributed by atoms with Crippen molar-refractivity contribution in [2.45, 2.75) is 32.1 Å². The molecule has 1 fully saturated rings. The molecule has 0 unspecified atom stereocenters. The van der Waals surface area contributed by atoms with Gasteiger partial charge in [0.15, 0.2) is 0 Å². The van der Waals surface area contributed by atoms with E-state index in [0.717, 1.165) is 55.0 Å². The van der Waals surface area contributed by atoms with Crippen molar-refractivity contribution in [3.05, 3.63) is 95.6 Å². The van der Waals surface area contributed by atoms with E-state index in [4.69, 9.17) is 9.84 Å². The predicted molar refractivity (Wildman–Crippen MR) is 144 cm³/mol. The van der Waals surface area contributed by atoms with Gasteiger partial charge in [-0.2, -0.15) is 18.3 Å². The number of alkyl halides is 3. The molecule has 0 bridgehead atoms. The van der Waals surface area contributed by atoms with Crippen molar-refractivity contribution in [3.8, 4) is 28.3 Å². The SMILES string of the molecule is Cc1ccc(OC(=O)c2cccc(C(F)(F)F)c2)c(-c2cc(-c3ccccc3)n(CCN[C@@H]3CCNC3)n2)c1. The van der Waals surface area contributed by atoms with Crippen LogP contribution in [0.1, 0.15) is 27.9 Å². The molecule has 0 radical (unpaired) electrons. The minimum Gasteiger partial charge on any atom is -0.422 e. The Kier molecular flexibility index (Phi) is 7.81. The van der Waals surface area contributed by atoms with Crippen LogP contribution in [-0.2, 0) is 12.7 Å². The first-order valence-electron chi connectivity index (χ1n) is 12.9. The molecule has 0 spiro atoms. The number of esters is 1. The summed E-state index contributed by atoms with van der Waals surface area (Å²) in [4.78, 5) is 12.9. The number of rotatable bonds is 8. The van der Waals surface area contributed by atoms with Crippen LogP contribution >= 0.6 is 0 Å². The number of carbonyl (C=O) groups is 1. The van der Waals surface area contributed by atoms with E-state index >= 15 is 0 Å². The summed E-state index contributed by atoms with van der Waals surface area (Å²) in [7, 11) is 0. The maximum atomic E-state index is 13.2. The zero-order valence-corrected chi connectivity index (χ0v) is 21.5. The van der Waals surface area contributed by atoms with Crippen LogP contribution in [0.3, 0.4) is 0 Å². The molecule has 202 valence electrons. The molecule has 0 amide bonds. The summed E-state index contributed by atoms with van der Waals surface area (Å²) in [5, 5.41) is 11.8. The largest absolute Gasteiger partial charge is 0.422 e. The normalized spacial score (nSPS) is 15.4. The molecule has 39 heavy (non-hydrogen) atoms. The van der Waals surface area contributed by atoms with E-state index in [1.165, 1.54) is 12.1 Å². The fourth-order valence-electron chi connectivity index (χ4n) is 4.68. The number of halogens is 3. The minimum atomic E-state index is -4.56. The predicted octanol–water partition coefficient (Wildman–Crippen LogP) is 5.72. The Morgan fingerprint density at radius 1 is 1.08 bits per heavy atom. The lowest BCUT2D eigenvalue weighted by atomic mass is 10.1. The molecule has 1 aliphatic rings. The van der Waals surface area contributed by atoms with Gasteiger partial charge in [0.25, 0.3) is 0 Å². The fourth-order valence-corrected chi connectivity index (χ4v) is 4.68. The van der Waals surface area contributed by atoms with Crippen molar-refractivity contribution in [1.82, 2.24) is 20.4 Å². The smallest absolute Gasteiger partial charge is 0.416 e. The Labute approximate surface area is 224 Å². The maximum absolute atomic E-state index is 13.2. The highest BCUT2D eigenvalue weighted by Gasteiger charge is 2.31. The second-order valence-electron chi connectivity index (χ2n) is 9.62. The number of hydrogen-bond acceptors (Lipinski definition) is 5. The van der Waals surface area contributed by atoms with Crippen molar-refractivity contribution in [3.63, 3.8) is 0 Å². The van der Waals surface area contributed by atoms with Crippen LogP contribution in [0.4, 0.5) is 13.2 Å². The van der Waals surface area contributed by atoms with Crippen LogP contribution in [0.2, 0.25) is 0 Å². The Balaban J connectivity index is 1.45. The van der Waals surface area contributed by atoms with Crippen LogP contribution < -0.4 is 15.4 Å². The monoisotopic (exact) mass is 534 g/mol. The lowest BCUT2D eigenvalue weighted by Gasteiger charge is -2.13. The molecule has 3 aromatic carbocycles. The molecule has 9 heteroatoms. The summed E-state index contributed by atoms with van der Waals surface area (Å²) in [6.45, 7) is 5.23. The molecule has 4 aromatic rings. The lowest BCUT2D eigenvalue weighted by molar-refractivity contribution is -0.137. The zero-order valence-electron chi connectivity index (χ0n) is 21.5. The Bertz CT molecular complexity index is 1440. The van der Waals surface area contributed by atoms with Crippen molar-refractivity contribution in [1.29, 1.82) is 0 Å². The van der Waals surface area contributed by atoms with Gasteiger partial charge in [-0.15, -0.1) is 0 Å². The second kappa shape index (κ2) is 11.4. The number of aryl methyl sites for hydroxylation is 1. The second-order valence-corrected chi connectivity index (χ2v) is 9.62. The number of nitrogens with one attached hydrogen (secondary N) is 2. The molecule has 1 aromatic heterocycles. The van der Waals surface area contributed by atoms with E-state index in [1.54, 1.807) is 12.1 Å². The van der Waals surface area contributed by atoms with Gasteiger partial charge in [0.05, 0.1) is 29.1 Å². The van der Waals surface area contributed by atoms with Crippen LogP contribution in [0.25, 0.3) is 22.5 Å². The van der Waals surface area contributed by atoms with E-state index in [1.807, 2.05) is 54.1 Å². The van der Waals surface area contributed by atoms with Crippen LogP contribution in [-0.4, -0.2) is 41.4 Å². The average molecular weight is 535 g/mol. The molecule has 1 atom stereocenters. The molecule has 0 aliphatic carbocycles. The first kappa shape index (κ1) is 26.6. The molecule has 2 heterocycles. The average Bonchev–Trinajstić information content (AvgIpc) is 3.60. The third-order valence-corrected chi connectivity index (χ3v) is 6.71. The highest BCUT2D eigenvalue weighted by molar-refractivity contribution is 5.92. The van der Waals surface area contributed by atoms with Crippen molar-refractivity contribution >= 4 is 5.97 Å². The van der Waals surface area contributed by atoms with Crippen LogP contribution in [0.15, 0.2) is 78.9 Å². The summed E-state index contributed by atoms with van der Waals surface area (Å²) in [5.41, 5.74) is 2.93. The van der Waals surface area contributed by atoms with Crippen LogP contribution in [0.5, 0.6) is 5.75 Å². The van der Waals surface area contributed by atoms with Crippen molar-refractivity contribution in [2.75, 3.05) is 19.6 Å². The highest BCUT2D eigenvalue weighted by atomic mass is 19.4. The summed E-state index contributed by atoms with van der Waals surface area (Å²) in [6.07, 6.45) is -3.48. The third kappa shape index (κ3) is 6.38. The highest BCUT2D eigenvalue weighted by Crippen LogP contribution is 2.34. The third-order valence-electron chi connectivity index (χ3n) is 6.71. The fraction of sp³-hybridized carbons (Fsp3) is 0.267.